The fourth-order valence-electron chi connectivity index (χ4n) is 3.41. The molecule has 0 aromatic heterocycles. The first-order chi connectivity index (χ1) is 12.1. The minimum atomic E-state index is -0.347. The minimum absolute atomic E-state index is 0.0170. The molecule has 0 bridgehead atoms. The molecule has 6 nitrogen and oxygen atoms in total. The van der Waals surface area contributed by atoms with Gasteiger partial charge in [0.25, 0.3) is 0 Å². The van der Waals surface area contributed by atoms with Crippen LogP contribution in [0.4, 0.5) is 0 Å². The number of hydrogen-bond acceptors (Lipinski definition) is 3. The molecule has 25 heavy (non-hydrogen) atoms. The van der Waals surface area contributed by atoms with Gasteiger partial charge in [-0.15, -0.1) is 0 Å². The van der Waals surface area contributed by atoms with Crippen LogP contribution in [0.2, 0.25) is 0 Å². The van der Waals surface area contributed by atoms with E-state index in [0.29, 0.717) is 0 Å². The maximum Gasteiger partial charge on any atom is 0.241 e. The van der Waals surface area contributed by atoms with Crippen molar-refractivity contribution < 1.29 is 14.4 Å². The minimum Gasteiger partial charge on any atom is -0.347 e. The molecule has 1 aromatic carbocycles. The van der Waals surface area contributed by atoms with E-state index in [-0.39, 0.29) is 36.7 Å². The lowest BCUT2D eigenvalue weighted by Gasteiger charge is -2.32. The van der Waals surface area contributed by atoms with Gasteiger partial charge in [-0.25, -0.2) is 0 Å². The smallest absolute Gasteiger partial charge is 0.241 e. The average molecular weight is 341 g/mol. The third-order valence-corrected chi connectivity index (χ3v) is 4.74. The fraction of sp³-hybridized carbons (Fsp3) is 0.421. The van der Waals surface area contributed by atoms with Crippen molar-refractivity contribution in [2.24, 2.45) is 0 Å². The summed E-state index contributed by atoms with van der Waals surface area (Å²) in [6.07, 6.45) is 5.78. The van der Waals surface area contributed by atoms with Crippen molar-refractivity contribution in [3.05, 3.63) is 41.6 Å². The first-order valence-corrected chi connectivity index (χ1v) is 8.67. The summed E-state index contributed by atoms with van der Waals surface area (Å²) in [5.74, 6) is -0.385. The van der Waals surface area contributed by atoms with Gasteiger partial charge in [0, 0.05) is 26.2 Å². The number of benzene rings is 1. The average Bonchev–Trinajstić information content (AvgIpc) is 3.14. The van der Waals surface area contributed by atoms with E-state index in [4.69, 9.17) is 0 Å². The molecule has 0 saturated carbocycles. The van der Waals surface area contributed by atoms with Crippen LogP contribution in [0.5, 0.6) is 0 Å². The Morgan fingerprint density at radius 1 is 1.16 bits per heavy atom. The predicted molar refractivity (Wildman–Crippen MR) is 94.2 cm³/mol. The quantitative estimate of drug-likeness (QED) is 0.906. The number of amides is 3. The molecule has 6 heteroatoms. The third-order valence-electron chi connectivity index (χ3n) is 4.74. The Balaban J connectivity index is 1.64. The zero-order chi connectivity index (χ0) is 17.8. The van der Waals surface area contributed by atoms with Crippen molar-refractivity contribution in [3.8, 4) is 0 Å². The molecule has 2 aliphatic rings. The van der Waals surface area contributed by atoms with Crippen LogP contribution in [0.3, 0.4) is 0 Å². The van der Waals surface area contributed by atoms with E-state index in [1.165, 1.54) is 6.92 Å². The molecular weight excluding hydrogens is 318 g/mol. The molecule has 2 aliphatic heterocycles. The van der Waals surface area contributed by atoms with Crippen LogP contribution in [0.1, 0.15) is 43.4 Å². The van der Waals surface area contributed by atoms with Crippen LogP contribution in [0.25, 0.3) is 6.08 Å². The van der Waals surface area contributed by atoms with Gasteiger partial charge in [0.2, 0.25) is 17.7 Å². The molecular formula is C19H23N3O3. The Labute approximate surface area is 147 Å². The van der Waals surface area contributed by atoms with Gasteiger partial charge in [0.1, 0.15) is 0 Å². The highest BCUT2D eigenvalue weighted by Gasteiger charge is 2.28. The highest BCUT2D eigenvalue weighted by molar-refractivity contribution is 5.86. The summed E-state index contributed by atoms with van der Waals surface area (Å²) in [5, 5.41) is 2.70. The standard InChI is InChI=1S/C19H23N3O3/c1-14(23)22-11-8-15-6-2-3-7-16(15)17(22)12-18(24)20-13-19(25)21-9-4-5-10-21/h2-3,6-8,11,17H,4-5,9-10,12-13H2,1H3,(H,20,24). The third kappa shape index (κ3) is 3.90. The summed E-state index contributed by atoms with van der Waals surface area (Å²) in [6, 6.07) is 7.38. The van der Waals surface area contributed by atoms with Crippen LogP contribution >= 0.6 is 0 Å². The topological polar surface area (TPSA) is 69.7 Å². The number of carbonyl (C=O) groups is 3. The van der Waals surface area contributed by atoms with Gasteiger partial charge in [0.15, 0.2) is 0 Å². The monoisotopic (exact) mass is 341 g/mol. The van der Waals surface area contributed by atoms with Crippen LogP contribution < -0.4 is 5.32 Å². The maximum absolute atomic E-state index is 12.4. The second-order valence-electron chi connectivity index (χ2n) is 6.46. The number of nitrogens with one attached hydrogen (secondary N) is 1. The normalized spacial score (nSPS) is 18.8. The molecule has 0 radical (unpaired) electrons. The van der Waals surface area contributed by atoms with Crippen LogP contribution in [-0.4, -0.2) is 47.2 Å². The van der Waals surface area contributed by atoms with Gasteiger partial charge in [-0.05, 0) is 30.0 Å². The zero-order valence-electron chi connectivity index (χ0n) is 14.4. The summed E-state index contributed by atoms with van der Waals surface area (Å²) in [7, 11) is 0. The number of fused-ring (bicyclic) bond motifs is 1. The maximum atomic E-state index is 12.4. The number of hydrogen-bond donors (Lipinski definition) is 1. The molecule has 1 saturated heterocycles. The SMILES string of the molecule is CC(=O)N1C=Cc2ccccc2C1CC(=O)NCC(=O)N1CCCC1. The Morgan fingerprint density at radius 3 is 2.60 bits per heavy atom. The van der Waals surface area contributed by atoms with E-state index in [1.54, 1.807) is 16.0 Å². The molecule has 1 N–H and O–H groups in total. The zero-order valence-corrected chi connectivity index (χ0v) is 14.4. The lowest BCUT2D eigenvalue weighted by atomic mass is 9.93. The fourth-order valence-corrected chi connectivity index (χ4v) is 3.41. The summed E-state index contributed by atoms with van der Waals surface area (Å²) in [5.41, 5.74) is 1.95. The summed E-state index contributed by atoms with van der Waals surface area (Å²) in [6.45, 7) is 3.05. The highest BCUT2D eigenvalue weighted by atomic mass is 16.2. The van der Waals surface area contributed by atoms with Gasteiger partial charge in [-0.3, -0.25) is 14.4 Å². The van der Waals surface area contributed by atoms with Crippen molar-refractivity contribution in [1.29, 1.82) is 0 Å². The molecule has 1 aromatic rings. The lowest BCUT2D eigenvalue weighted by Crippen LogP contribution is -2.40. The largest absolute Gasteiger partial charge is 0.347 e. The van der Waals surface area contributed by atoms with Gasteiger partial charge < -0.3 is 15.1 Å². The Kier molecular flexibility index (Phi) is 5.16. The highest BCUT2D eigenvalue weighted by Crippen LogP contribution is 2.32. The molecule has 0 spiro atoms. The molecule has 1 fully saturated rings. The van der Waals surface area contributed by atoms with E-state index in [9.17, 15) is 14.4 Å². The molecule has 3 rings (SSSR count). The van der Waals surface area contributed by atoms with Crippen molar-refractivity contribution in [2.75, 3.05) is 19.6 Å². The van der Waals surface area contributed by atoms with Gasteiger partial charge in [0.05, 0.1) is 19.0 Å². The van der Waals surface area contributed by atoms with Crippen molar-refractivity contribution in [2.45, 2.75) is 32.2 Å². The summed E-state index contributed by atoms with van der Waals surface area (Å²) < 4.78 is 0. The van der Waals surface area contributed by atoms with E-state index >= 15 is 0 Å². The first-order valence-electron chi connectivity index (χ1n) is 8.67. The van der Waals surface area contributed by atoms with Crippen LogP contribution in [0, 0.1) is 0 Å². The molecule has 1 unspecified atom stereocenters. The summed E-state index contributed by atoms with van der Waals surface area (Å²) >= 11 is 0. The molecule has 0 aliphatic carbocycles. The molecule has 1 atom stereocenters. The molecule has 2 heterocycles. The second kappa shape index (κ2) is 7.51. The van der Waals surface area contributed by atoms with E-state index in [2.05, 4.69) is 5.32 Å². The number of rotatable bonds is 4. The van der Waals surface area contributed by atoms with E-state index < -0.39 is 0 Å². The Morgan fingerprint density at radius 2 is 1.88 bits per heavy atom. The Hall–Kier alpha value is -2.63. The number of carbonyl (C=O) groups excluding carboxylic acids is 3. The van der Waals surface area contributed by atoms with Gasteiger partial charge in [-0.2, -0.15) is 0 Å². The molecule has 132 valence electrons. The molecule has 3 amide bonds. The number of nitrogens with zero attached hydrogens (tertiary/aromatic N) is 2. The van der Waals surface area contributed by atoms with Crippen molar-refractivity contribution in [1.82, 2.24) is 15.1 Å². The summed E-state index contributed by atoms with van der Waals surface area (Å²) in [4.78, 5) is 39.7. The van der Waals surface area contributed by atoms with Crippen molar-refractivity contribution in [3.63, 3.8) is 0 Å². The van der Waals surface area contributed by atoms with Crippen molar-refractivity contribution >= 4 is 23.8 Å². The van der Waals surface area contributed by atoms with Gasteiger partial charge in [-0.1, -0.05) is 24.3 Å². The first kappa shape index (κ1) is 17.2. The van der Waals surface area contributed by atoms with Gasteiger partial charge >= 0.3 is 0 Å². The Bertz CT molecular complexity index is 708. The lowest BCUT2D eigenvalue weighted by molar-refractivity contribution is -0.133. The van der Waals surface area contributed by atoms with E-state index in [1.807, 2.05) is 30.3 Å². The second-order valence-corrected chi connectivity index (χ2v) is 6.46. The van der Waals surface area contributed by atoms with Crippen LogP contribution in [0.15, 0.2) is 30.5 Å². The van der Waals surface area contributed by atoms with Crippen LogP contribution in [-0.2, 0) is 14.4 Å². The predicted octanol–water partition coefficient (Wildman–Crippen LogP) is 1.69. The number of likely N-dealkylation sites (tertiary alicyclic amines) is 1. The van der Waals surface area contributed by atoms with E-state index in [0.717, 1.165) is 37.1 Å².